The van der Waals surface area contributed by atoms with Gasteiger partial charge < -0.3 is 5.11 Å². The minimum atomic E-state index is -0.778. The molecule has 2 unspecified atom stereocenters. The first kappa shape index (κ1) is 13.2. The lowest BCUT2D eigenvalue weighted by Gasteiger charge is -2.36. The van der Waals surface area contributed by atoms with Gasteiger partial charge in [-0.2, -0.15) is 0 Å². The average Bonchev–Trinajstić information content (AvgIpc) is 2.23. The monoisotopic (exact) mass is 225 g/mol. The zero-order chi connectivity index (χ0) is 12.1. The summed E-state index contributed by atoms with van der Waals surface area (Å²) in [7, 11) is 0. The number of aliphatic carboxylic acids is 1. The zero-order valence-electron chi connectivity index (χ0n) is 10.6. The van der Waals surface area contributed by atoms with E-state index in [1.165, 1.54) is 12.8 Å². The number of carboxylic acid groups (broad SMARTS) is 1. The normalized spacial score (nSPS) is 28.1. The highest BCUT2D eigenvalue weighted by atomic mass is 16.4. The average molecular weight is 225 g/mol. The largest absolute Gasteiger partial charge is 0.478 e. The van der Waals surface area contributed by atoms with Crippen LogP contribution in [0.5, 0.6) is 0 Å². The summed E-state index contributed by atoms with van der Waals surface area (Å²) in [4.78, 5) is 13.2. The van der Waals surface area contributed by atoms with Gasteiger partial charge in [0.05, 0.1) is 0 Å². The smallest absolute Gasteiger partial charge is 0.331 e. The lowest BCUT2D eigenvalue weighted by molar-refractivity contribution is -0.132. The summed E-state index contributed by atoms with van der Waals surface area (Å²) >= 11 is 0. The lowest BCUT2D eigenvalue weighted by atomic mass is 9.95. The maximum absolute atomic E-state index is 10.9. The molecule has 16 heavy (non-hydrogen) atoms. The van der Waals surface area contributed by atoms with Crippen LogP contribution >= 0.6 is 0 Å². The molecule has 1 aliphatic heterocycles. The van der Waals surface area contributed by atoms with Crippen molar-refractivity contribution < 1.29 is 9.90 Å². The Morgan fingerprint density at radius 3 is 2.69 bits per heavy atom. The van der Waals surface area contributed by atoms with Gasteiger partial charge in [-0.05, 0) is 32.1 Å². The molecule has 0 spiro atoms. The molecule has 0 aliphatic carbocycles. The Morgan fingerprint density at radius 2 is 2.12 bits per heavy atom. The van der Waals surface area contributed by atoms with Crippen LogP contribution in [0, 0.1) is 5.92 Å². The molecule has 1 fully saturated rings. The van der Waals surface area contributed by atoms with Gasteiger partial charge >= 0.3 is 5.97 Å². The van der Waals surface area contributed by atoms with Gasteiger partial charge in [-0.15, -0.1) is 0 Å². The second-order valence-corrected chi connectivity index (χ2v) is 4.87. The third-order valence-corrected chi connectivity index (χ3v) is 3.47. The topological polar surface area (TPSA) is 40.5 Å². The third-order valence-electron chi connectivity index (χ3n) is 3.47. The van der Waals surface area contributed by atoms with Crippen LogP contribution in [-0.2, 0) is 4.79 Å². The van der Waals surface area contributed by atoms with Gasteiger partial charge in [0.1, 0.15) is 0 Å². The lowest BCUT2D eigenvalue weighted by Crippen LogP contribution is -2.41. The summed E-state index contributed by atoms with van der Waals surface area (Å²) in [6.07, 6.45) is 4.99. The fraction of sp³-hybridized carbons (Fsp3) is 0.769. The van der Waals surface area contributed by atoms with Gasteiger partial charge in [0.15, 0.2) is 0 Å². The second kappa shape index (κ2) is 6.04. The summed E-state index contributed by atoms with van der Waals surface area (Å²) in [6, 6.07) is 0.583. The quantitative estimate of drug-likeness (QED) is 0.747. The summed E-state index contributed by atoms with van der Waals surface area (Å²) in [5.74, 6) is -0.0419. The van der Waals surface area contributed by atoms with Crippen molar-refractivity contribution in [2.24, 2.45) is 5.92 Å². The van der Waals surface area contributed by atoms with Crippen LogP contribution in [0.4, 0.5) is 0 Å². The maximum atomic E-state index is 10.9. The molecule has 0 amide bonds. The van der Waals surface area contributed by atoms with Crippen molar-refractivity contribution in [1.29, 1.82) is 0 Å². The van der Waals surface area contributed by atoms with Gasteiger partial charge in [-0.25, -0.2) is 4.79 Å². The molecule has 1 saturated heterocycles. The summed E-state index contributed by atoms with van der Waals surface area (Å²) in [6.45, 7) is 8.25. The van der Waals surface area contributed by atoms with Crippen LogP contribution < -0.4 is 0 Å². The molecule has 1 rings (SSSR count). The standard InChI is InChI=1S/C13H23NO2/c1-4-12(13(15)16)7-8-14-9-10(2)5-6-11(14)3/h7,10-11H,4-6,8-9H2,1-3H3,(H,15,16). The second-order valence-electron chi connectivity index (χ2n) is 4.87. The number of rotatable bonds is 4. The van der Waals surface area contributed by atoms with E-state index in [-0.39, 0.29) is 0 Å². The van der Waals surface area contributed by atoms with Gasteiger partial charge in [-0.3, -0.25) is 4.90 Å². The van der Waals surface area contributed by atoms with Crippen LogP contribution in [0.2, 0.25) is 0 Å². The molecule has 0 bridgehead atoms. The van der Waals surface area contributed by atoms with Crippen LogP contribution in [-0.4, -0.2) is 35.1 Å². The number of carbonyl (C=O) groups is 1. The number of piperidine rings is 1. The maximum Gasteiger partial charge on any atom is 0.331 e. The molecule has 3 nitrogen and oxygen atoms in total. The van der Waals surface area contributed by atoms with E-state index < -0.39 is 5.97 Å². The number of nitrogens with zero attached hydrogens (tertiary/aromatic N) is 1. The minimum Gasteiger partial charge on any atom is -0.478 e. The molecular formula is C13H23NO2. The molecule has 0 aromatic heterocycles. The molecule has 3 heteroatoms. The minimum absolute atomic E-state index is 0.533. The van der Waals surface area contributed by atoms with Crippen molar-refractivity contribution in [2.45, 2.75) is 46.1 Å². The Hall–Kier alpha value is -0.830. The first-order valence-electron chi connectivity index (χ1n) is 6.21. The number of hydrogen-bond donors (Lipinski definition) is 1. The molecule has 1 heterocycles. The first-order valence-corrected chi connectivity index (χ1v) is 6.21. The summed E-state index contributed by atoms with van der Waals surface area (Å²) in [5.41, 5.74) is 0.533. The Balaban J connectivity index is 2.55. The number of likely N-dealkylation sites (tertiary alicyclic amines) is 1. The van der Waals surface area contributed by atoms with Gasteiger partial charge in [0, 0.05) is 24.7 Å². The Bertz CT molecular complexity index is 273. The fourth-order valence-electron chi connectivity index (χ4n) is 2.24. The number of carboxylic acids is 1. The van der Waals surface area contributed by atoms with Gasteiger partial charge in [0.25, 0.3) is 0 Å². The highest BCUT2D eigenvalue weighted by Crippen LogP contribution is 2.21. The first-order chi connectivity index (χ1) is 7.54. The van der Waals surface area contributed by atoms with E-state index in [2.05, 4.69) is 18.7 Å². The van der Waals surface area contributed by atoms with Crippen LogP contribution in [0.25, 0.3) is 0 Å². The molecule has 92 valence electrons. The van der Waals surface area contributed by atoms with E-state index >= 15 is 0 Å². The van der Waals surface area contributed by atoms with Crippen molar-refractivity contribution in [1.82, 2.24) is 4.90 Å². The SMILES string of the molecule is CCC(=CCN1CC(C)CCC1C)C(=O)O. The molecule has 0 saturated carbocycles. The predicted molar refractivity (Wildman–Crippen MR) is 65.4 cm³/mol. The molecule has 0 aromatic rings. The van der Waals surface area contributed by atoms with Crippen LogP contribution in [0.3, 0.4) is 0 Å². The Kier molecular flexibility index (Phi) is 5.00. The molecule has 1 N–H and O–H groups in total. The van der Waals surface area contributed by atoms with Crippen molar-refractivity contribution in [3.05, 3.63) is 11.6 Å². The molecule has 1 aliphatic rings. The highest BCUT2D eigenvalue weighted by Gasteiger charge is 2.21. The van der Waals surface area contributed by atoms with E-state index in [9.17, 15) is 4.79 Å². The van der Waals surface area contributed by atoms with Crippen LogP contribution in [0.15, 0.2) is 11.6 Å². The van der Waals surface area contributed by atoms with Gasteiger partial charge in [-0.1, -0.05) is 19.9 Å². The molecular weight excluding hydrogens is 202 g/mol. The molecule has 2 atom stereocenters. The van der Waals surface area contributed by atoms with E-state index in [0.717, 1.165) is 19.0 Å². The Morgan fingerprint density at radius 1 is 1.44 bits per heavy atom. The summed E-state index contributed by atoms with van der Waals surface area (Å²) < 4.78 is 0. The van der Waals surface area contributed by atoms with Crippen LogP contribution in [0.1, 0.15) is 40.0 Å². The predicted octanol–water partition coefficient (Wildman–Crippen LogP) is 2.53. The molecule has 0 radical (unpaired) electrons. The summed E-state index contributed by atoms with van der Waals surface area (Å²) in [5, 5.41) is 8.93. The molecule has 0 aromatic carbocycles. The van der Waals surface area contributed by atoms with Crippen molar-refractivity contribution in [3.8, 4) is 0 Å². The fourth-order valence-corrected chi connectivity index (χ4v) is 2.24. The zero-order valence-corrected chi connectivity index (χ0v) is 10.6. The third kappa shape index (κ3) is 3.63. The van der Waals surface area contributed by atoms with Crippen molar-refractivity contribution in [3.63, 3.8) is 0 Å². The highest BCUT2D eigenvalue weighted by molar-refractivity contribution is 5.86. The van der Waals surface area contributed by atoms with Gasteiger partial charge in [0.2, 0.25) is 0 Å². The van der Waals surface area contributed by atoms with Crippen molar-refractivity contribution >= 4 is 5.97 Å². The number of hydrogen-bond acceptors (Lipinski definition) is 2. The van der Waals surface area contributed by atoms with E-state index in [1.807, 2.05) is 13.0 Å². The van der Waals surface area contributed by atoms with Crippen molar-refractivity contribution in [2.75, 3.05) is 13.1 Å². The van der Waals surface area contributed by atoms with E-state index in [1.54, 1.807) is 0 Å². The Labute approximate surface area is 98.1 Å². The van der Waals surface area contributed by atoms with E-state index in [4.69, 9.17) is 5.11 Å². The van der Waals surface area contributed by atoms with E-state index in [0.29, 0.717) is 18.0 Å².